The van der Waals surface area contributed by atoms with Crippen LogP contribution in [0.3, 0.4) is 0 Å². The molecule has 2 aromatic rings. The van der Waals surface area contributed by atoms with Crippen LogP contribution in [0.15, 0.2) is 39.7 Å². The van der Waals surface area contributed by atoms with E-state index in [9.17, 15) is 0 Å². The quantitative estimate of drug-likeness (QED) is 0.655. The fraction of sp³-hybridized carbons (Fsp3) is 0.400. The maximum Gasteiger partial charge on any atom is 0.191 e. The minimum Gasteiger partial charge on any atom is -0.461 e. The number of furan rings is 1. The lowest BCUT2D eigenvalue weighted by Gasteiger charge is -2.13. The number of nitrogens with zero attached hydrogens (tertiary/aromatic N) is 1. The molecule has 0 saturated carbocycles. The van der Waals surface area contributed by atoms with E-state index in [-0.39, 0.29) is 0 Å². The van der Waals surface area contributed by atoms with Gasteiger partial charge in [0.1, 0.15) is 11.3 Å². The van der Waals surface area contributed by atoms with E-state index in [1.807, 2.05) is 18.2 Å². The van der Waals surface area contributed by atoms with Crippen molar-refractivity contribution in [1.29, 1.82) is 0 Å². The van der Waals surface area contributed by atoms with Crippen LogP contribution in [0.4, 0.5) is 0 Å². The number of para-hydroxylation sites is 1. The first kappa shape index (κ1) is 13.5. The highest BCUT2D eigenvalue weighted by Crippen LogP contribution is 2.18. The molecular weight excluding hydrogens is 238 g/mol. The lowest BCUT2D eigenvalue weighted by atomic mass is 10.2. The molecule has 0 amide bonds. The second-order valence-corrected chi connectivity index (χ2v) is 4.80. The molecule has 0 fully saturated rings. The van der Waals surface area contributed by atoms with E-state index >= 15 is 0 Å². The summed E-state index contributed by atoms with van der Waals surface area (Å²) < 4.78 is 5.76. The van der Waals surface area contributed by atoms with Gasteiger partial charge >= 0.3 is 0 Å². The number of nitrogens with one attached hydrogen (secondary N) is 2. The van der Waals surface area contributed by atoms with Crippen LogP contribution in [-0.4, -0.2) is 25.6 Å². The fourth-order valence-corrected chi connectivity index (χ4v) is 1.93. The summed E-state index contributed by atoms with van der Waals surface area (Å²) in [6, 6.07) is 10.5. The lowest BCUT2D eigenvalue weighted by Crippen LogP contribution is -2.41. The Hall–Kier alpha value is -1.97. The first-order valence-electron chi connectivity index (χ1n) is 6.63. The monoisotopic (exact) mass is 259 g/mol. The van der Waals surface area contributed by atoms with E-state index in [2.05, 4.69) is 41.6 Å². The van der Waals surface area contributed by atoms with Gasteiger partial charge in [0, 0.05) is 31.4 Å². The Morgan fingerprint density at radius 2 is 2.11 bits per heavy atom. The van der Waals surface area contributed by atoms with Crippen LogP contribution in [-0.2, 0) is 6.42 Å². The van der Waals surface area contributed by atoms with Crippen molar-refractivity contribution in [3.8, 4) is 0 Å². The number of hydrogen-bond donors (Lipinski definition) is 2. The second kappa shape index (κ2) is 6.27. The summed E-state index contributed by atoms with van der Waals surface area (Å²) in [5.74, 6) is 1.82. The van der Waals surface area contributed by atoms with Gasteiger partial charge in [-0.15, -0.1) is 0 Å². The number of guanidine groups is 1. The van der Waals surface area contributed by atoms with E-state index in [0.717, 1.165) is 35.7 Å². The van der Waals surface area contributed by atoms with E-state index in [1.165, 1.54) is 0 Å². The van der Waals surface area contributed by atoms with E-state index in [0.29, 0.717) is 6.04 Å². The minimum atomic E-state index is 0.373. The van der Waals surface area contributed by atoms with Crippen LogP contribution in [0.5, 0.6) is 0 Å². The van der Waals surface area contributed by atoms with E-state index in [1.54, 1.807) is 7.05 Å². The predicted octanol–water partition coefficient (Wildman–Crippen LogP) is 2.55. The van der Waals surface area contributed by atoms with Crippen molar-refractivity contribution >= 4 is 16.9 Å². The Morgan fingerprint density at radius 1 is 1.32 bits per heavy atom. The summed E-state index contributed by atoms with van der Waals surface area (Å²) in [7, 11) is 1.78. The van der Waals surface area contributed by atoms with Crippen LogP contribution in [0, 0.1) is 0 Å². The number of rotatable bonds is 4. The molecule has 0 aliphatic heterocycles. The van der Waals surface area contributed by atoms with Gasteiger partial charge in [-0.1, -0.05) is 18.2 Å². The van der Waals surface area contributed by atoms with Crippen LogP contribution < -0.4 is 10.6 Å². The molecule has 0 spiro atoms. The third-order valence-corrected chi connectivity index (χ3v) is 2.79. The van der Waals surface area contributed by atoms with Crippen LogP contribution in [0.2, 0.25) is 0 Å². The fourth-order valence-electron chi connectivity index (χ4n) is 1.93. The molecule has 0 aliphatic rings. The molecule has 0 bridgehead atoms. The van der Waals surface area contributed by atoms with Crippen molar-refractivity contribution in [2.24, 2.45) is 4.99 Å². The number of benzene rings is 1. The highest BCUT2D eigenvalue weighted by atomic mass is 16.3. The third kappa shape index (κ3) is 3.74. The summed E-state index contributed by atoms with van der Waals surface area (Å²) in [6.07, 6.45) is 0.841. The summed E-state index contributed by atoms with van der Waals surface area (Å²) in [5.41, 5.74) is 0.946. The van der Waals surface area contributed by atoms with Gasteiger partial charge in [-0.3, -0.25) is 4.99 Å². The third-order valence-electron chi connectivity index (χ3n) is 2.79. The maximum absolute atomic E-state index is 5.76. The molecule has 0 saturated heterocycles. The minimum absolute atomic E-state index is 0.373. The van der Waals surface area contributed by atoms with Gasteiger partial charge in [-0.05, 0) is 26.0 Å². The van der Waals surface area contributed by atoms with Gasteiger partial charge in [0.2, 0.25) is 0 Å². The van der Waals surface area contributed by atoms with Gasteiger partial charge in [0.15, 0.2) is 5.96 Å². The number of aliphatic imine (C=N–C) groups is 1. The summed E-state index contributed by atoms with van der Waals surface area (Å²) >= 11 is 0. The molecule has 0 atom stereocenters. The van der Waals surface area contributed by atoms with Crippen molar-refractivity contribution < 1.29 is 4.42 Å². The molecule has 2 rings (SSSR count). The van der Waals surface area contributed by atoms with Crippen molar-refractivity contribution in [2.75, 3.05) is 13.6 Å². The molecule has 0 aliphatic carbocycles. The molecule has 1 heterocycles. The zero-order valence-corrected chi connectivity index (χ0v) is 11.7. The standard InChI is InChI=1S/C15H21N3O/c1-11(2)18-15(16-3)17-9-8-13-10-12-6-4-5-7-14(12)19-13/h4-7,10-11H,8-9H2,1-3H3,(H2,16,17,18). The molecule has 4 heteroatoms. The molecule has 19 heavy (non-hydrogen) atoms. The van der Waals surface area contributed by atoms with Gasteiger partial charge < -0.3 is 15.1 Å². The number of fused-ring (bicyclic) bond motifs is 1. The maximum atomic E-state index is 5.76. The van der Waals surface area contributed by atoms with E-state index < -0.39 is 0 Å². The van der Waals surface area contributed by atoms with Crippen LogP contribution in [0.25, 0.3) is 11.0 Å². The summed E-state index contributed by atoms with van der Waals surface area (Å²) in [6.45, 7) is 4.98. The first-order chi connectivity index (χ1) is 9.19. The van der Waals surface area contributed by atoms with Crippen LogP contribution >= 0.6 is 0 Å². The van der Waals surface area contributed by atoms with Crippen molar-refractivity contribution in [2.45, 2.75) is 26.3 Å². The van der Waals surface area contributed by atoms with Gasteiger partial charge in [0.25, 0.3) is 0 Å². The summed E-state index contributed by atoms with van der Waals surface area (Å²) in [4.78, 5) is 4.17. The second-order valence-electron chi connectivity index (χ2n) is 4.80. The summed E-state index contributed by atoms with van der Waals surface area (Å²) in [5, 5.41) is 7.68. The normalized spacial score (nSPS) is 12.1. The molecular formula is C15H21N3O. The SMILES string of the molecule is CN=C(NCCc1cc2ccccc2o1)NC(C)C. The highest BCUT2D eigenvalue weighted by molar-refractivity contribution is 5.80. The van der Waals surface area contributed by atoms with Gasteiger partial charge in [0.05, 0.1) is 0 Å². The Bertz CT molecular complexity index is 524. The Kier molecular flexibility index (Phi) is 4.44. The van der Waals surface area contributed by atoms with Crippen molar-refractivity contribution in [3.63, 3.8) is 0 Å². The predicted molar refractivity (Wildman–Crippen MR) is 79.6 cm³/mol. The average Bonchev–Trinajstić information content (AvgIpc) is 2.79. The molecule has 0 radical (unpaired) electrons. The molecule has 1 aromatic heterocycles. The molecule has 1 aromatic carbocycles. The average molecular weight is 259 g/mol. The highest BCUT2D eigenvalue weighted by Gasteiger charge is 2.04. The largest absolute Gasteiger partial charge is 0.461 e. The van der Waals surface area contributed by atoms with Gasteiger partial charge in [-0.2, -0.15) is 0 Å². The van der Waals surface area contributed by atoms with E-state index in [4.69, 9.17) is 4.42 Å². The zero-order chi connectivity index (χ0) is 13.7. The first-order valence-corrected chi connectivity index (χ1v) is 6.63. The smallest absolute Gasteiger partial charge is 0.191 e. The van der Waals surface area contributed by atoms with Crippen molar-refractivity contribution in [3.05, 3.63) is 36.1 Å². The zero-order valence-electron chi connectivity index (χ0n) is 11.7. The Morgan fingerprint density at radius 3 is 2.79 bits per heavy atom. The van der Waals surface area contributed by atoms with Crippen LogP contribution in [0.1, 0.15) is 19.6 Å². The molecule has 102 valence electrons. The molecule has 4 nitrogen and oxygen atoms in total. The Labute approximate surface area is 113 Å². The number of hydrogen-bond acceptors (Lipinski definition) is 2. The topological polar surface area (TPSA) is 49.6 Å². The Balaban J connectivity index is 1.88. The van der Waals surface area contributed by atoms with Crippen molar-refractivity contribution in [1.82, 2.24) is 10.6 Å². The van der Waals surface area contributed by atoms with Gasteiger partial charge in [-0.25, -0.2) is 0 Å². The lowest BCUT2D eigenvalue weighted by molar-refractivity contribution is 0.544. The molecule has 2 N–H and O–H groups in total. The molecule has 0 unspecified atom stereocenters.